The molecule has 308 valence electrons. The van der Waals surface area contributed by atoms with Crippen molar-refractivity contribution in [3.05, 3.63) is 87.4 Å². The quantitative estimate of drug-likeness (QED) is 0.117. The Morgan fingerprint density at radius 3 is 2.25 bits per heavy atom. The Kier molecular flexibility index (Phi) is 15.2. The number of Topliss-reactive ketones (excluding diaryl/α,β-unsaturated/α-hetero) is 1. The summed E-state index contributed by atoms with van der Waals surface area (Å²) in [5.41, 5.74) is 1.95. The van der Waals surface area contributed by atoms with E-state index in [1.165, 1.54) is 11.3 Å². The normalized spacial score (nSPS) is 20.6. The SMILES string of the molecule is CCCc1ncc(CC(=O)NC(CCc2ccccc2)C(=O)NC(CC(C)C)C(=O)NC2Cc3ccccc3C(CC)N(C(CC(C)C)C(=O)C3(C)CO3)C2=O)s1. The van der Waals surface area contributed by atoms with Gasteiger partial charge in [0.2, 0.25) is 23.6 Å². The number of hydrogen-bond donors (Lipinski definition) is 3. The van der Waals surface area contributed by atoms with Crippen LogP contribution in [0.4, 0.5) is 0 Å². The van der Waals surface area contributed by atoms with Crippen LogP contribution in [0.2, 0.25) is 0 Å². The molecule has 0 aliphatic carbocycles. The van der Waals surface area contributed by atoms with Crippen LogP contribution >= 0.6 is 11.3 Å². The maximum absolute atomic E-state index is 14.9. The van der Waals surface area contributed by atoms with Gasteiger partial charge in [0.25, 0.3) is 0 Å². The molecule has 2 aliphatic rings. The Balaban J connectivity index is 1.39. The molecule has 3 heterocycles. The highest BCUT2D eigenvalue weighted by Gasteiger charge is 2.53. The number of nitrogens with one attached hydrogen (secondary N) is 3. The predicted molar refractivity (Wildman–Crippen MR) is 222 cm³/mol. The molecule has 0 saturated carbocycles. The van der Waals surface area contributed by atoms with E-state index in [0.29, 0.717) is 38.7 Å². The number of fused-ring (bicyclic) bond motifs is 1. The van der Waals surface area contributed by atoms with Crippen molar-refractivity contribution in [2.24, 2.45) is 11.8 Å². The van der Waals surface area contributed by atoms with Gasteiger partial charge < -0.3 is 25.6 Å². The van der Waals surface area contributed by atoms with Crippen LogP contribution in [-0.4, -0.2) is 75.7 Å². The minimum absolute atomic E-state index is 0.0147. The van der Waals surface area contributed by atoms with Crippen LogP contribution in [0.25, 0.3) is 0 Å². The van der Waals surface area contributed by atoms with E-state index in [0.717, 1.165) is 39.4 Å². The zero-order chi connectivity index (χ0) is 41.3. The number of aromatic nitrogens is 1. The lowest BCUT2D eigenvalue weighted by Gasteiger charge is -2.39. The van der Waals surface area contributed by atoms with Gasteiger partial charge in [0.1, 0.15) is 23.7 Å². The van der Waals surface area contributed by atoms with Crippen LogP contribution in [0.1, 0.15) is 113 Å². The summed E-state index contributed by atoms with van der Waals surface area (Å²) in [6, 6.07) is 13.6. The number of benzene rings is 2. The number of hydrogen-bond acceptors (Lipinski definition) is 8. The summed E-state index contributed by atoms with van der Waals surface area (Å²) in [5.74, 6) is -1.60. The molecule has 1 fully saturated rings. The molecule has 0 spiro atoms. The first-order valence-corrected chi connectivity index (χ1v) is 21.5. The number of rotatable bonds is 20. The van der Waals surface area contributed by atoms with Crippen LogP contribution < -0.4 is 16.0 Å². The maximum Gasteiger partial charge on any atom is 0.246 e. The third-order valence-electron chi connectivity index (χ3n) is 10.8. The molecule has 2 aliphatic heterocycles. The van der Waals surface area contributed by atoms with Gasteiger partial charge in [-0.25, -0.2) is 4.98 Å². The lowest BCUT2D eigenvalue weighted by atomic mass is 9.89. The van der Waals surface area contributed by atoms with E-state index in [9.17, 15) is 24.0 Å². The van der Waals surface area contributed by atoms with Gasteiger partial charge in [-0.1, -0.05) is 96.1 Å². The standard InChI is InChI=1S/C45H61N5O6S/c1-8-15-40-46-26-32(57-40)25-39(51)47-34(21-20-30-16-11-10-12-17-30)42(53)48-35(22-28(3)4)43(54)49-36-24-31-18-13-14-19-33(31)37(9-2)50(44(36)55)38(23-29(5)6)41(52)45(7)27-56-45/h10-14,16-19,26,28-29,34-38H,8-9,15,20-25,27H2,1-7H3,(H,47,51)(H,48,53)(H,49,54). The minimum atomic E-state index is -0.986. The van der Waals surface area contributed by atoms with E-state index < -0.39 is 41.6 Å². The average molecular weight is 800 g/mol. The zero-order valence-electron chi connectivity index (χ0n) is 34.6. The van der Waals surface area contributed by atoms with Crippen molar-refractivity contribution in [3.63, 3.8) is 0 Å². The van der Waals surface area contributed by atoms with Crippen molar-refractivity contribution in [2.75, 3.05) is 6.61 Å². The molecular formula is C45H61N5O6S. The smallest absolute Gasteiger partial charge is 0.246 e. The summed E-state index contributed by atoms with van der Waals surface area (Å²) in [6.07, 6.45) is 6.04. The second-order valence-corrected chi connectivity index (χ2v) is 17.8. The number of aryl methyl sites for hydroxylation is 2. The zero-order valence-corrected chi connectivity index (χ0v) is 35.5. The molecule has 0 bridgehead atoms. The second-order valence-electron chi connectivity index (χ2n) is 16.6. The summed E-state index contributed by atoms with van der Waals surface area (Å²) in [4.78, 5) is 77.9. The molecule has 3 aromatic rings. The lowest BCUT2D eigenvalue weighted by molar-refractivity contribution is -0.147. The molecule has 1 aromatic heterocycles. The Labute approximate surface area is 342 Å². The summed E-state index contributed by atoms with van der Waals surface area (Å²) in [5, 5.41) is 9.93. The lowest BCUT2D eigenvalue weighted by Crippen LogP contribution is -2.59. The first-order chi connectivity index (χ1) is 27.2. The molecule has 6 atom stereocenters. The van der Waals surface area contributed by atoms with Crippen LogP contribution in [0.15, 0.2) is 60.8 Å². The Hall–Kier alpha value is -4.42. The van der Waals surface area contributed by atoms with E-state index in [-0.39, 0.29) is 48.3 Å². The molecule has 6 unspecified atom stereocenters. The van der Waals surface area contributed by atoms with E-state index >= 15 is 0 Å². The van der Waals surface area contributed by atoms with Crippen LogP contribution in [0, 0.1) is 11.8 Å². The van der Waals surface area contributed by atoms with Crippen LogP contribution in [0.5, 0.6) is 0 Å². The molecule has 1 saturated heterocycles. The third-order valence-corrected chi connectivity index (χ3v) is 11.9. The fraction of sp³-hybridized carbons (Fsp3) is 0.556. The molecule has 12 heteroatoms. The number of ketones is 1. The first-order valence-electron chi connectivity index (χ1n) is 20.7. The van der Waals surface area contributed by atoms with Gasteiger partial charge in [0.15, 0.2) is 5.78 Å². The Morgan fingerprint density at radius 2 is 1.60 bits per heavy atom. The van der Waals surface area contributed by atoms with Crippen LogP contribution in [-0.2, 0) is 54.4 Å². The first kappa shape index (κ1) is 43.7. The van der Waals surface area contributed by atoms with E-state index in [4.69, 9.17) is 4.74 Å². The van der Waals surface area contributed by atoms with Crippen molar-refractivity contribution >= 4 is 40.7 Å². The predicted octanol–water partition coefficient (Wildman–Crippen LogP) is 6.08. The molecular weight excluding hydrogens is 739 g/mol. The summed E-state index contributed by atoms with van der Waals surface area (Å²) >= 11 is 1.50. The van der Waals surface area contributed by atoms with Gasteiger partial charge in [-0.15, -0.1) is 11.3 Å². The van der Waals surface area contributed by atoms with Crippen molar-refractivity contribution in [3.8, 4) is 0 Å². The van der Waals surface area contributed by atoms with Gasteiger partial charge in [0.05, 0.1) is 30.1 Å². The van der Waals surface area contributed by atoms with Gasteiger partial charge in [0, 0.05) is 17.5 Å². The fourth-order valence-corrected chi connectivity index (χ4v) is 8.79. The largest absolute Gasteiger partial charge is 0.361 e. The van der Waals surface area contributed by atoms with E-state index in [1.807, 2.05) is 89.2 Å². The average Bonchev–Trinajstić information content (AvgIpc) is 3.81. The minimum Gasteiger partial charge on any atom is -0.361 e. The van der Waals surface area contributed by atoms with Crippen molar-refractivity contribution < 1.29 is 28.7 Å². The van der Waals surface area contributed by atoms with Crippen molar-refractivity contribution in [1.82, 2.24) is 25.8 Å². The molecule has 11 nitrogen and oxygen atoms in total. The monoisotopic (exact) mass is 799 g/mol. The molecule has 4 amide bonds. The topological polar surface area (TPSA) is 150 Å². The maximum atomic E-state index is 14.9. The third kappa shape index (κ3) is 11.6. The number of amides is 4. The second kappa shape index (κ2) is 19.8. The number of nitrogens with zero attached hydrogens (tertiary/aromatic N) is 2. The van der Waals surface area contributed by atoms with Gasteiger partial charge in [-0.05, 0) is 80.4 Å². The summed E-state index contributed by atoms with van der Waals surface area (Å²) < 4.78 is 5.61. The number of thiazole rings is 1. The number of ether oxygens (including phenoxy) is 1. The Morgan fingerprint density at radius 1 is 0.912 bits per heavy atom. The highest BCUT2D eigenvalue weighted by atomic mass is 32.1. The van der Waals surface area contributed by atoms with E-state index in [1.54, 1.807) is 18.0 Å². The van der Waals surface area contributed by atoms with Crippen LogP contribution in [0.3, 0.4) is 0 Å². The molecule has 5 rings (SSSR count). The van der Waals surface area contributed by atoms with Crippen molar-refractivity contribution in [2.45, 2.75) is 142 Å². The fourth-order valence-electron chi connectivity index (χ4n) is 7.77. The van der Waals surface area contributed by atoms with E-state index in [2.05, 4.69) is 27.9 Å². The molecule has 57 heavy (non-hydrogen) atoms. The molecule has 3 N–H and O–H groups in total. The van der Waals surface area contributed by atoms with Crippen molar-refractivity contribution in [1.29, 1.82) is 0 Å². The number of carbonyl (C=O) groups is 5. The number of carbonyl (C=O) groups excluding carboxylic acids is 5. The highest BCUT2D eigenvalue weighted by molar-refractivity contribution is 7.11. The summed E-state index contributed by atoms with van der Waals surface area (Å²) in [7, 11) is 0. The van der Waals surface area contributed by atoms with Gasteiger partial charge >= 0.3 is 0 Å². The van der Waals surface area contributed by atoms with Gasteiger partial charge in [-0.3, -0.25) is 24.0 Å². The summed E-state index contributed by atoms with van der Waals surface area (Å²) in [6.45, 7) is 14.2. The molecule has 2 aromatic carbocycles. The number of epoxide rings is 1. The Bertz CT molecular complexity index is 1860. The molecule has 0 radical (unpaired) electrons. The highest BCUT2D eigenvalue weighted by Crippen LogP contribution is 2.39. The van der Waals surface area contributed by atoms with Gasteiger partial charge in [-0.2, -0.15) is 0 Å².